The minimum absolute atomic E-state index is 0.0812. The van der Waals surface area contributed by atoms with Crippen molar-refractivity contribution in [3.05, 3.63) is 51.7 Å². The van der Waals surface area contributed by atoms with Crippen molar-refractivity contribution in [3.8, 4) is 5.75 Å². The summed E-state index contributed by atoms with van der Waals surface area (Å²) in [5, 5.41) is 2.71. The van der Waals surface area contributed by atoms with E-state index in [1.165, 1.54) is 18.3 Å². The predicted molar refractivity (Wildman–Crippen MR) is 103 cm³/mol. The lowest BCUT2D eigenvalue weighted by Crippen LogP contribution is -2.22. The monoisotopic (exact) mass is 389 g/mol. The lowest BCUT2D eigenvalue weighted by Gasteiger charge is -2.05. The maximum atomic E-state index is 12.2. The fourth-order valence-corrected chi connectivity index (χ4v) is 3.26. The molecule has 0 saturated heterocycles. The molecule has 0 aliphatic carbocycles. The summed E-state index contributed by atoms with van der Waals surface area (Å²) in [7, 11) is 0. The molecular weight excluding hydrogens is 366 g/mol. The van der Waals surface area contributed by atoms with E-state index in [1.54, 1.807) is 30.3 Å². The van der Waals surface area contributed by atoms with Crippen LogP contribution in [-0.2, 0) is 27.2 Å². The number of carbonyl (C=O) groups is 3. The van der Waals surface area contributed by atoms with E-state index < -0.39 is 5.97 Å². The molecule has 6 nitrogen and oxygen atoms in total. The van der Waals surface area contributed by atoms with Crippen molar-refractivity contribution in [1.29, 1.82) is 0 Å². The Morgan fingerprint density at radius 3 is 2.48 bits per heavy atom. The molecule has 0 bridgehead atoms. The molecule has 1 aromatic heterocycles. The first kappa shape index (κ1) is 20.6. The number of amides is 1. The number of thiophene rings is 1. The first-order valence-corrected chi connectivity index (χ1v) is 9.53. The third-order valence-electron chi connectivity index (χ3n) is 3.63. The van der Waals surface area contributed by atoms with E-state index in [0.29, 0.717) is 24.4 Å². The highest BCUT2D eigenvalue weighted by Gasteiger charge is 2.13. The molecule has 2 rings (SSSR count). The van der Waals surface area contributed by atoms with Gasteiger partial charge < -0.3 is 14.8 Å². The van der Waals surface area contributed by atoms with Gasteiger partial charge in [0.05, 0.1) is 17.9 Å². The number of hydrogen-bond donors (Lipinski definition) is 1. The minimum atomic E-state index is -0.449. The van der Waals surface area contributed by atoms with Gasteiger partial charge in [-0.25, -0.2) is 0 Å². The van der Waals surface area contributed by atoms with Crippen molar-refractivity contribution in [2.75, 3.05) is 19.8 Å². The molecule has 0 atom stereocenters. The predicted octanol–water partition coefficient (Wildman–Crippen LogP) is 2.79. The Labute approximate surface area is 162 Å². The van der Waals surface area contributed by atoms with Crippen LogP contribution in [0, 0.1) is 0 Å². The van der Waals surface area contributed by atoms with Gasteiger partial charge in [0.15, 0.2) is 6.61 Å². The highest BCUT2D eigenvalue weighted by atomic mass is 32.1. The molecule has 27 heavy (non-hydrogen) atoms. The highest BCUT2D eigenvalue weighted by molar-refractivity contribution is 7.14. The molecule has 0 aliphatic heterocycles. The summed E-state index contributed by atoms with van der Waals surface area (Å²) in [6, 6.07) is 10.8. The number of rotatable bonds is 10. The summed E-state index contributed by atoms with van der Waals surface area (Å²) < 4.78 is 10.4. The second-order valence-electron chi connectivity index (χ2n) is 5.84. The first-order chi connectivity index (χ1) is 13.0. The van der Waals surface area contributed by atoms with Gasteiger partial charge >= 0.3 is 5.97 Å². The van der Waals surface area contributed by atoms with Crippen molar-refractivity contribution in [3.63, 3.8) is 0 Å². The molecule has 7 heteroatoms. The van der Waals surface area contributed by atoms with E-state index in [0.717, 1.165) is 16.2 Å². The lowest BCUT2D eigenvalue weighted by molar-refractivity contribution is -0.141. The number of hydrogen-bond acceptors (Lipinski definition) is 6. The Kier molecular flexibility index (Phi) is 8.00. The van der Waals surface area contributed by atoms with Crippen molar-refractivity contribution >= 4 is 29.0 Å². The third kappa shape index (κ3) is 7.22. The molecule has 0 aliphatic rings. The number of Topliss-reactive ketones (excluding diaryl/α,β-unsaturated/α-hetero) is 1. The summed E-state index contributed by atoms with van der Waals surface area (Å²) in [4.78, 5) is 36.5. The van der Waals surface area contributed by atoms with Gasteiger partial charge in [-0.3, -0.25) is 14.4 Å². The second-order valence-corrected chi connectivity index (χ2v) is 7.00. The molecule has 1 aromatic carbocycles. The van der Waals surface area contributed by atoms with Gasteiger partial charge in [0.2, 0.25) is 11.7 Å². The number of benzene rings is 1. The molecule has 0 spiro atoms. The van der Waals surface area contributed by atoms with Gasteiger partial charge in [-0.2, -0.15) is 0 Å². The second kappa shape index (κ2) is 10.5. The van der Waals surface area contributed by atoms with Crippen LogP contribution in [-0.4, -0.2) is 37.4 Å². The van der Waals surface area contributed by atoms with Crippen LogP contribution >= 0.6 is 11.3 Å². The molecule has 144 valence electrons. The molecule has 0 saturated carbocycles. The van der Waals surface area contributed by atoms with Crippen LogP contribution < -0.4 is 10.1 Å². The Hall–Kier alpha value is -2.67. The van der Waals surface area contributed by atoms with E-state index in [-0.39, 0.29) is 24.7 Å². The van der Waals surface area contributed by atoms with Crippen molar-refractivity contribution in [2.24, 2.45) is 0 Å². The molecule has 2 aromatic rings. The normalized spacial score (nSPS) is 10.3. The molecule has 0 radical (unpaired) electrons. The third-order valence-corrected chi connectivity index (χ3v) is 4.81. The number of carbonyl (C=O) groups excluding carboxylic acids is 3. The molecule has 1 amide bonds. The Bertz CT molecular complexity index is 782. The average molecular weight is 389 g/mol. The Morgan fingerprint density at radius 2 is 1.81 bits per heavy atom. The van der Waals surface area contributed by atoms with E-state index in [1.807, 2.05) is 13.0 Å². The average Bonchev–Trinajstić information content (AvgIpc) is 3.10. The van der Waals surface area contributed by atoms with Crippen LogP contribution in [0.2, 0.25) is 0 Å². The van der Waals surface area contributed by atoms with Gasteiger partial charge in [-0.15, -0.1) is 11.3 Å². The van der Waals surface area contributed by atoms with Crippen LogP contribution in [0.3, 0.4) is 0 Å². The fourth-order valence-electron chi connectivity index (χ4n) is 2.33. The van der Waals surface area contributed by atoms with E-state index in [2.05, 4.69) is 5.32 Å². The van der Waals surface area contributed by atoms with Crippen LogP contribution in [0.1, 0.15) is 34.0 Å². The lowest BCUT2D eigenvalue weighted by atomic mass is 10.1. The van der Waals surface area contributed by atoms with Gasteiger partial charge in [-0.05, 0) is 43.2 Å². The summed E-state index contributed by atoms with van der Waals surface area (Å²) >= 11 is 1.35. The van der Waals surface area contributed by atoms with Gasteiger partial charge in [-0.1, -0.05) is 12.1 Å². The number of esters is 1. The maximum absolute atomic E-state index is 12.2. The molecule has 0 unspecified atom stereocenters. The van der Waals surface area contributed by atoms with Gasteiger partial charge in [0, 0.05) is 18.3 Å². The molecule has 1 N–H and O–H groups in total. The molecule has 1 heterocycles. The van der Waals surface area contributed by atoms with E-state index in [4.69, 9.17) is 9.47 Å². The van der Waals surface area contributed by atoms with E-state index >= 15 is 0 Å². The molecule has 0 fully saturated rings. The quantitative estimate of drug-likeness (QED) is 0.499. The van der Waals surface area contributed by atoms with Crippen molar-refractivity contribution in [1.82, 2.24) is 5.32 Å². The Balaban J connectivity index is 1.76. The van der Waals surface area contributed by atoms with Crippen molar-refractivity contribution < 1.29 is 23.9 Å². The van der Waals surface area contributed by atoms with Crippen LogP contribution in [0.5, 0.6) is 5.75 Å². The van der Waals surface area contributed by atoms with Gasteiger partial charge in [0.25, 0.3) is 0 Å². The zero-order chi connectivity index (χ0) is 19.6. The number of nitrogens with one attached hydrogen (secondary N) is 1. The summed E-state index contributed by atoms with van der Waals surface area (Å²) in [6.45, 7) is 4.20. The standard InChI is InChI=1S/C20H23NO5S/c1-3-25-16-6-4-15(5-7-16)12-20(24)26-13-18(23)19-9-8-17(27-19)10-11-21-14(2)22/h4-9H,3,10-13H2,1-2H3,(H,21,22). The minimum Gasteiger partial charge on any atom is -0.494 e. The fraction of sp³-hybridized carbons (Fsp3) is 0.350. The number of ketones is 1. The largest absolute Gasteiger partial charge is 0.494 e. The summed E-state index contributed by atoms with van der Waals surface area (Å²) in [6.07, 6.45) is 0.765. The SMILES string of the molecule is CCOc1ccc(CC(=O)OCC(=O)c2ccc(CCNC(C)=O)s2)cc1. The number of ether oxygens (including phenoxy) is 2. The van der Waals surface area contributed by atoms with Crippen molar-refractivity contribution in [2.45, 2.75) is 26.7 Å². The first-order valence-electron chi connectivity index (χ1n) is 8.71. The maximum Gasteiger partial charge on any atom is 0.310 e. The summed E-state index contributed by atoms with van der Waals surface area (Å²) in [5.41, 5.74) is 0.798. The smallest absolute Gasteiger partial charge is 0.310 e. The Morgan fingerprint density at radius 1 is 1.07 bits per heavy atom. The van der Waals surface area contributed by atoms with Crippen LogP contribution in [0.4, 0.5) is 0 Å². The molecular formula is C20H23NO5S. The van der Waals surface area contributed by atoms with E-state index in [9.17, 15) is 14.4 Å². The topological polar surface area (TPSA) is 81.7 Å². The highest BCUT2D eigenvalue weighted by Crippen LogP contribution is 2.18. The summed E-state index contributed by atoms with van der Waals surface area (Å²) in [5.74, 6) is -0.0140. The van der Waals surface area contributed by atoms with Crippen LogP contribution in [0.25, 0.3) is 0 Å². The zero-order valence-corrected chi connectivity index (χ0v) is 16.3. The zero-order valence-electron chi connectivity index (χ0n) is 15.4. The van der Waals surface area contributed by atoms with Gasteiger partial charge in [0.1, 0.15) is 5.75 Å². The van der Waals surface area contributed by atoms with Crippen LogP contribution in [0.15, 0.2) is 36.4 Å².